The van der Waals surface area contributed by atoms with Crippen molar-refractivity contribution in [1.82, 2.24) is 15.1 Å². The summed E-state index contributed by atoms with van der Waals surface area (Å²) >= 11 is 18.6. The van der Waals surface area contributed by atoms with Gasteiger partial charge in [0.15, 0.2) is 5.69 Å². The van der Waals surface area contributed by atoms with Crippen LogP contribution >= 0.6 is 34.8 Å². The zero-order chi connectivity index (χ0) is 22.7. The highest BCUT2D eigenvalue weighted by Gasteiger charge is 2.23. The molecule has 0 aliphatic rings. The van der Waals surface area contributed by atoms with E-state index in [4.69, 9.17) is 34.8 Å². The molecule has 7 heteroatoms. The largest absolute Gasteiger partial charge is 0.348 e. The first-order chi connectivity index (χ1) is 14.7. The van der Waals surface area contributed by atoms with Gasteiger partial charge in [-0.1, -0.05) is 53.9 Å². The molecule has 0 aliphatic carbocycles. The van der Waals surface area contributed by atoms with Gasteiger partial charge in [-0.15, -0.1) is 0 Å². The Morgan fingerprint density at radius 3 is 2.39 bits per heavy atom. The first-order valence-corrected chi connectivity index (χ1v) is 11.1. The number of amides is 1. The molecule has 31 heavy (non-hydrogen) atoms. The van der Waals surface area contributed by atoms with Crippen molar-refractivity contribution < 1.29 is 4.79 Å². The van der Waals surface area contributed by atoms with Crippen LogP contribution in [0.1, 0.15) is 54.5 Å². The predicted molar refractivity (Wildman–Crippen MR) is 131 cm³/mol. The van der Waals surface area contributed by atoms with Gasteiger partial charge in [0.1, 0.15) is 0 Å². The van der Waals surface area contributed by atoms with E-state index in [1.165, 1.54) is 0 Å². The fourth-order valence-electron chi connectivity index (χ4n) is 3.27. The fourth-order valence-corrected chi connectivity index (χ4v) is 3.89. The highest BCUT2D eigenvalue weighted by atomic mass is 35.5. The standard InChI is InChI=1S/C24H24Cl3N3O/c1-5-15(3)28-24(31)22-16(4)23(14(2)12-17-6-8-18(25)9-7-17)30(29-22)21-11-10-19(26)13-20(21)27/h6-13,15H,5H2,1-4H3,(H,28,31)/t15-/m0/s1. The maximum atomic E-state index is 12.9. The fraction of sp³-hybridized carbons (Fsp3) is 0.250. The summed E-state index contributed by atoms with van der Waals surface area (Å²) in [6, 6.07) is 12.8. The van der Waals surface area contributed by atoms with Crippen LogP contribution in [-0.2, 0) is 0 Å². The van der Waals surface area contributed by atoms with Crippen LogP contribution < -0.4 is 5.32 Å². The zero-order valence-corrected chi connectivity index (χ0v) is 20.1. The van der Waals surface area contributed by atoms with Gasteiger partial charge in [-0.3, -0.25) is 4.79 Å². The Kier molecular flexibility index (Phi) is 7.47. The summed E-state index contributed by atoms with van der Waals surface area (Å²) < 4.78 is 1.71. The van der Waals surface area contributed by atoms with Crippen molar-refractivity contribution in [3.63, 3.8) is 0 Å². The number of benzene rings is 2. The monoisotopic (exact) mass is 475 g/mol. The van der Waals surface area contributed by atoms with Crippen molar-refractivity contribution in [1.29, 1.82) is 0 Å². The van der Waals surface area contributed by atoms with Gasteiger partial charge in [0.25, 0.3) is 5.91 Å². The molecular weight excluding hydrogens is 453 g/mol. The number of carbonyl (C=O) groups is 1. The van der Waals surface area contributed by atoms with Crippen LogP contribution in [0.5, 0.6) is 0 Å². The van der Waals surface area contributed by atoms with Gasteiger partial charge >= 0.3 is 0 Å². The third-order valence-electron chi connectivity index (χ3n) is 5.09. The van der Waals surface area contributed by atoms with E-state index in [1.807, 2.05) is 58.0 Å². The van der Waals surface area contributed by atoms with E-state index in [1.54, 1.807) is 22.9 Å². The number of aromatic nitrogens is 2. The number of hydrogen-bond acceptors (Lipinski definition) is 2. The molecule has 1 atom stereocenters. The van der Waals surface area contributed by atoms with Crippen LogP contribution in [0, 0.1) is 6.92 Å². The number of carbonyl (C=O) groups excluding carboxylic acids is 1. The minimum atomic E-state index is -0.212. The summed E-state index contributed by atoms with van der Waals surface area (Å²) in [5.41, 5.74) is 4.51. The van der Waals surface area contributed by atoms with Crippen molar-refractivity contribution in [2.45, 2.75) is 40.2 Å². The van der Waals surface area contributed by atoms with E-state index in [0.717, 1.165) is 28.8 Å². The lowest BCUT2D eigenvalue weighted by molar-refractivity contribution is 0.0933. The molecule has 162 valence electrons. The lowest BCUT2D eigenvalue weighted by Crippen LogP contribution is -2.32. The number of nitrogens with one attached hydrogen (secondary N) is 1. The number of allylic oxidation sites excluding steroid dienone is 1. The average Bonchev–Trinajstić information content (AvgIpc) is 3.06. The lowest BCUT2D eigenvalue weighted by Gasteiger charge is -2.11. The maximum absolute atomic E-state index is 12.9. The van der Waals surface area contributed by atoms with Crippen LogP contribution in [0.2, 0.25) is 15.1 Å². The van der Waals surface area contributed by atoms with Crippen molar-refractivity contribution in [2.75, 3.05) is 0 Å². The SMILES string of the molecule is CC[C@H](C)NC(=O)c1nn(-c2ccc(Cl)cc2Cl)c(C(C)=Cc2ccc(Cl)cc2)c1C. The topological polar surface area (TPSA) is 46.9 Å². The van der Waals surface area contributed by atoms with Crippen LogP contribution in [0.15, 0.2) is 42.5 Å². The molecular formula is C24H24Cl3N3O. The molecule has 0 unspecified atom stereocenters. The van der Waals surface area contributed by atoms with E-state index in [9.17, 15) is 4.79 Å². The Labute approximate surface area is 197 Å². The van der Waals surface area contributed by atoms with E-state index < -0.39 is 0 Å². The molecule has 0 aliphatic heterocycles. The lowest BCUT2D eigenvalue weighted by atomic mass is 10.0. The Balaban J connectivity index is 2.17. The minimum absolute atomic E-state index is 0.0466. The molecule has 3 aromatic rings. The quantitative estimate of drug-likeness (QED) is 0.408. The summed E-state index contributed by atoms with van der Waals surface area (Å²) in [6.07, 6.45) is 2.86. The van der Waals surface area contributed by atoms with Crippen molar-refractivity contribution >= 4 is 52.4 Å². The first kappa shape index (κ1) is 23.4. The van der Waals surface area contributed by atoms with Gasteiger partial charge < -0.3 is 5.32 Å². The first-order valence-electron chi connectivity index (χ1n) is 10.0. The normalized spacial score (nSPS) is 12.7. The molecule has 0 bridgehead atoms. The van der Waals surface area contributed by atoms with Crippen LogP contribution in [0.4, 0.5) is 0 Å². The summed E-state index contributed by atoms with van der Waals surface area (Å²) in [6.45, 7) is 7.86. The zero-order valence-electron chi connectivity index (χ0n) is 17.8. The molecule has 3 rings (SSSR count). The van der Waals surface area contributed by atoms with E-state index in [-0.39, 0.29) is 11.9 Å². The molecule has 2 aromatic carbocycles. The number of rotatable bonds is 6. The second-order valence-corrected chi connectivity index (χ2v) is 8.77. The Morgan fingerprint density at radius 1 is 1.13 bits per heavy atom. The van der Waals surface area contributed by atoms with Gasteiger partial charge in [-0.05, 0) is 74.7 Å². The van der Waals surface area contributed by atoms with Crippen LogP contribution in [-0.4, -0.2) is 21.7 Å². The Bertz CT molecular complexity index is 1130. The number of halogens is 3. The molecule has 0 fully saturated rings. The minimum Gasteiger partial charge on any atom is -0.348 e. The van der Waals surface area contributed by atoms with Gasteiger partial charge in [-0.25, -0.2) is 4.68 Å². The summed E-state index contributed by atoms with van der Waals surface area (Å²) in [4.78, 5) is 12.9. The molecule has 4 nitrogen and oxygen atoms in total. The number of nitrogens with zero attached hydrogens (tertiary/aromatic N) is 2. The molecule has 1 aromatic heterocycles. The van der Waals surface area contributed by atoms with Gasteiger partial charge in [0, 0.05) is 21.7 Å². The highest BCUT2D eigenvalue weighted by molar-refractivity contribution is 6.35. The molecule has 0 radical (unpaired) electrons. The summed E-state index contributed by atoms with van der Waals surface area (Å²) in [5, 5.41) is 9.30. The van der Waals surface area contributed by atoms with E-state index >= 15 is 0 Å². The summed E-state index contributed by atoms with van der Waals surface area (Å²) in [5.74, 6) is -0.212. The second kappa shape index (κ2) is 9.90. The second-order valence-electron chi connectivity index (χ2n) is 7.49. The van der Waals surface area contributed by atoms with Crippen molar-refractivity contribution in [2.24, 2.45) is 0 Å². The van der Waals surface area contributed by atoms with E-state index in [0.29, 0.717) is 26.4 Å². The molecule has 1 amide bonds. The maximum Gasteiger partial charge on any atom is 0.272 e. The van der Waals surface area contributed by atoms with Crippen molar-refractivity contribution in [3.8, 4) is 5.69 Å². The van der Waals surface area contributed by atoms with E-state index in [2.05, 4.69) is 10.4 Å². The number of hydrogen-bond donors (Lipinski definition) is 1. The Morgan fingerprint density at radius 2 is 1.77 bits per heavy atom. The molecule has 0 spiro atoms. The average molecular weight is 477 g/mol. The van der Waals surface area contributed by atoms with Crippen molar-refractivity contribution in [3.05, 3.63) is 80.0 Å². The predicted octanol–water partition coefficient (Wildman–Crippen LogP) is 7.23. The van der Waals surface area contributed by atoms with Crippen LogP contribution in [0.25, 0.3) is 17.3 Å². The van der Waals surface area contributed by atoms with Gasteiger partial charge in [0.2, 0.25) is 0 Å². The summed E-state index contributed by atoms with van der Waals surface area (Å²) in [7, 11) is 0. The van der Waals surface area contributed by atoms with Gasteiger partial charge in [-0.2, -0.15) is 5.10 Å². The molecule has 1 heterocycles. The Hall–Kier alpha value is -2.27. The smallest absolute Gasteiger partial charge is 0.272 e. The third-order valence-corrected chi connectivity index (χ3v) is 5.88. The molecule has 0 saturated carbocycles. The highest BCUT2D eigenvalue weighted by Crippen LogP contribution is 2.31. The molecule has 1 N–H and O–H groups in total. The van der Waals surface area contributed by atoms with Crippen LogP contribution in [0.3, 0.4) is 0 Å². The van der Waals surface area contributed by atoms with Gasteiger partial charge in [0.05, 0.1) is 16.4 Å². The molecule has 0 saturated heterocycles. The third kappa shape index (κ3) is 5.32.